The Kier molecular flexibility index (Phi) is 3.76. The second kappa shape index (κ2) is 5.34. The van der Waals surface area contributed by atoms with Gasteiger partial charge in [0, 0.05) is 11.1 Å². The van der Waals surface area contributed by atoms with Crippen molar-refractivity contribution in [3.05, 3.63) is 59.4 Å². The normalized spacial score (nSPS) is 12.2. The zero-order valence-electron chi connectivity index (χ0n) is 9.98. The van der Waals surface area contributed by atoms with E-state index in [-0.39, 0.29) is 11.1 Å². The molecule has 0 amide bonds. The molecule has 1 atom stereocenters. The molecule has 0 fully saturated rings. The Bertz CT molecular complexity index is 671. The summed E-state index contributed by atoms with van der Waals surface area (Å²) in [6, 6.07) is 6.50. The van der Waals surface area contributed by atoms with Crippen molar-refractivity contribution in [3.8, 4) is 11.1 Å². The van der Waals surface area contributed by atoms with Gasteiger partial charge in [0.15, 0.2) is 17.7 Å². The smallest absolute Gasteiger partial charge is 0.337 e. The third-order valence-corrected chi connectivity index (χ3v) is 2.79. The van der Waals surface area contributed by atoms with E-state index >= 15 is 0 Å². The molecule has 0 aromatic heterocycles. The lowest BCUT2D eigenvalue weighted by molar-refractivity contribution is -0.147. The van der Waals surface area contributed by atoms with Crippen molar-refractivity contribution < 1.29 is 28.2 Å². The highest BCUT2D eigenvalue weighted by Gasteiger charge is 2.21. The van der Waals surface area contributed by atoms with Crippen LogP contribution in [-0.2, 0) is 4.79 Å². The molecule has 0 aliphatic rings. The number of rotatable bonds is 3. The van der Waals surface area contributed by atoms with E-state index in [0.717, 1.165) is 18.2 Å². The monoisotopic (exact) mass is 282 g/mol. The molecule has 20 heavy (non-hydrogen) atoms. The molecule has 0 saturated carbocycles. The molecule has 0 aliphatic heterocycles. The van der Waals surface area contributed by atoms with E-state index < -0.39 is 35.1 Å². The molecule has 0 saturated heterocycles. The van der Waals surface area contributed by atoms with E-state index in [1.54, 1.807) is 0 Å². The quantitative estimate of drug-likeness (QED) is 0.910. The van der Waals surface area contributed by atoms with E-state index in [4.69, 9.17) is 5.11 Å². The number of benzene rings is 2. The molecule has 0 aliphatic carbocycles. The number of halogens is 3. The average Bonchev–Trinajstić information content (AvgIpc) is 2.42. The summed E-state index contributed by atoms with van der Waals surface area (Å²) in [6.45, 7) is 0. The summed E-state index contributed by atoms with van der Waals surface area (Å²) in [4.78, 5) is 10.7. The molecule has 2 rings (SSSR count). The lowest BCUT2D eigenvalue weighted by Gasteiger charge is -2.10. The van der Waals surface area contributed by atoms with Crippen LogP contribution in [0.4, 0.5) is 13.2 Å². The number of aliphatic hydroxyl groups is 1. The van der Waals surface area contributed by atoms with Gasteiger partial charge in [0.25, 0.3) is 0 Å². The van der Waals surface area contributed by atoms with E-state index in [1.807, 2.05) is 0 Å². The minimum absolute atomic E-state index is 0.0682. The molecule has 6 heteroatoms. The van der Waals surface area contributed by atoms with Gasteiger partial charge in [0.1, 0.15) is 5.82 Å². The predicted octanol–water partition coefficient (Wildman–Crippen LogP) is 2.89. The number of hydrogen-bond donors (Lipinski definition) is 2. The molecule has 0 spiro atoms. The van der Waals surface area contributed by atoms with Crippen molar-refractivity contribution in [2.24, 2.45) is 0 Å². The molecule has 2 aromatic carbocycles. The number of carboxylic acids is 1. The molecule has 0 radical (unpaired) electrons. The summed E-state index contributed by atoms with van der Waals surface area (Å²) in [6.07, 6.45) is -2.08. The summed E-state index contributed by atoms with van der Waals surface area (Å²) < 4.78 is 40.3. The van der Waals surface area contributed by atoms with Crippen molar-refractivity contribution in [3.63, 3.8) is 0 Å². The van der Waals surface area contributed by atoms with Gasteiger partial charge in [-0.3, -0.25) is 0 Å². The van der Waals surface area contributed by atoms with Crippen LogP contribution in [0.1, 0.15) is 11.7 Å². The van der Waals surface area contributed by atoms with E-state index in [0.29, 0.717) is 0 Å². The van der Waals surface area contributed by atoms with Crippen LogP contribution in [0.15, 0.2) is 36.4 Å². The van der Waals surface area contributed by atoms with Crippen molar-refractivity contribution in [2.45, 2.75) is 6.10 Å². The fourth-order valence-corrected chi connectivity index (χ4v) is 1.78. The Morgan fingerprint density at radius 1 is 1.05 bits per heavy atom. The van der Waals surface area contributed by atoms with Gasteiger partial charge in [0.2, 0.25) is 0 Å². The van der Waals surface area contributed by atoms with E-state index in [9.17, 15) is 23.1 Å². The topological polar surface area (TPSA) is 57.5 Å². The zero-order chi connectivity index (χ0) is 14.9. The molecule has 104 valence electrons. The van der Waals surface area contributed by atoms with Crippen LogP contribution in [0, 0.1) is 17.5 Å². The van der Waals surface area contributed by atoms with Crippen LogP contribution in [-0.4, -0.2) is 16.2 Å². The second-order valence-corrected chi connectivity index (χ2v) is 4.08. The van der Waals surface area contributed by atoms with Crippen LogP contribution < -0.4 is 0 Å². The van der Waals surface area contributed by atoms with Crippen molar-refractivity contribution >= 4 is 5.97 Å². The second-order valence-electron chi connectivity index (χ2n) is 4.08. The van der Waals surface area contributed by atoms with Crippen LogP contribution in [0.2, 0.25) is 0 Å². The Morgan fingerprint density at radius 2 is 1.75 bits per heavy atom. The highest BCUT2D eigenvalue weighted by atomic mass is 19.2. The molecular formula is C14H9F3O3. The molecule has 0 heterocycles. The van der Waals surface area contributed by atoms with Gasteiger partial charge in [-0.2, -0.15) is 0 Å². The lowest BCUT2D eigenvalue weighted by Crippen LogP contribution is -2.12. The molecule has 2 aromatic rings. The number of hydrogen-bond acceptors (Lipinski definition) is 2. The summed E-state index contributed by atoms with van der Waals surface area (Å²) in [7, 11) is 0. The minimum Gasteiger partial charge on any atom is -0.479 e. The first kappa shape index (κ1) is 14.1. The third-order valence-electron chi connectivity index (χ3n) is 2.79. The largest absolute Gasteiger partial charge is 0.479 e. The van der Waals surface area contributed by atoms with Crippen LogP contribution >= 0.6 is 0 Å². The number of carbonyl (C=O) groups is 1. The summed E-state index contributed by atoms with van der Waals surface area (Å²) >= 11 is 0. The fourth-order valence-electron chi connectivity index (χ4n) is 1.78. The lowest BCUT2D eigenvalue weighted by atomic mass is 9.99. The third kappa shape index (κ3) is 2.50. The molecule has 1 unspecified atom stereocenters. The first-order valence-electron chi connectivity index (χ1n) is 5.56. The van der Waals surface area contributed by atoms with Crippen molar-refractivity contribution in [2.75, 3.05) is 0 Å². The Balaban J connectivity index is 2.57. The average molecular weight is 282 g/mol. The van der Waals surface area contributed by atoms with Crippen LogP contribution in [0.3, 0.4) is 0 Å². The van der Waals surface area contributed by atoms with Gasteiger partial charge in [-0.25, -0.2) is 18.0 Å². The number of carboxylic acid groups (broad SMARTS) is 1. The van der Waals surface area contributed by atoms with E-state index in [2.05, 4.69) is 0 Å². The maximum Gasteiger partial charge on any atom is 0.337 e. The summed E-state index contributed by atoms with van der Waals surface area (Å²) in [5, 5.41) is 18.0. The van der Waals surface area contributed by atoms with Crippen LogP contribution in [0.5, 0.6) is 0 Å². The minimum atomic E-state index is -2.08. The van der Waals surface area contributed by atoms with Crippen LogP contribution in [0.25, 0.3) is 11.1 Å². The van der Waals surface area contributed by atoms with Gasteiger partial charge in [-0.05, 0) is 23.8 Å². The Labute approximate surface area is 111 Å². The van der Waals surface area contributed by atoms with Gasteiger partial charge >= 0.3 is 5.97 Å². The van der Waals surface area contributed by atoms with Crippen molar-refractivity contribution in [1.29, 1.82) is 0 Å². The summed E-state index contributed by atoms with van der Waals surface area (Å²) in [5.41, 5.74) is -0.596. The van der Waals surface area contributed by atoms with Gasteiger partial charge in [0.05, 0.1) is 0 Å². The summed E-state index contributed by atoms with van der Waals surface area (Å²) in [5.74, 6) is -4.79. The Morgan fingerprint density at radius 3 is 2.40 bits per heavy atom. The van der Waals surface area contributed by atoms with Gasteiger partial charge in [-0.1, -0.05) is 18.2 Å². The first-order valence-corrected chi connectivity index (χ1v) is 5.56. The molecule has 3 nitrogen and oxygen atoms in total. The fraction of sp³-hybridized carbons (Fsp3) is 0.0714. The highest BCUT2D eigenvalue weighted by Crippen LogP contribution is 2.28. The maximum absolute atomic E-state index is 13.6. The van der Waals surface area contributed by atoms with Gasteiger partial charge in [-0.15, -0.1) is 0 Å². The standard InChI is InChI=1S/C14H9F3O3/c15-10-5-4-7(6-9(10)13(18)14(19)20)8-2-1-3-11(16)12(8)17/h1-6,13,18H,(H,19,20). The van der Waals surface area contributed by atoms with E-state index in [1.165, 1.54) is 18.2 Å². The van der Waals surface area contributed by atoms with Gasteiger partial charge < -0.3 is 10.2 Å². The number of aliphatic hydroxyl groups excluding tert-OH is 1. The zero-order valence-corrected chi connectivity index (χ0v) is 9.98. The maximum atomic E-state index is 13.6. The predicted molar refractivity (Wildman–Crippen MR) is 64.3 cm³/mol. The molecule has 0 bridgehead atoms. The Hall–Kier alpha value is -2.34. The highest BCUT2D eigenvalue weighted by molar-refractivity contribution is 5.75. The molecular weight excluding hydrogens is 273 g/mol. The molecule has 2 N–H and O–H groups in total. The SMILES string of the molecule is O=C(O)C(O)c1cc(-c2cccc(F)c2F)ccc1F. The van der Waals surface area contributed by atoms with Crippen molar-refractivity contribution in [1.82, 2.24) is 0 Å². The number of aliphatic carboxylic acids is 1. The first-order chi connectivity index (χ1) is 9.41.